The number of piperidine rings is 1. The van der Waals surface area contributed by atoms with Crippen LogP contribution in [-0.2, 0) is 4.79 Å². The van der Waals surface area contributed by atoms with E-state index in [1.165, 1.54) is 12.1 Å². The van der Waals surface area contributed by atoms with Crippen molar-refractivity contribution < 1.29 is 14.0 Å². The molecular formula is C18H24N2O4. The third-order valence-electron chi connectivity index (χ3n) is 5.06. The van der Waals surface area contributed by atoms with Gasteiger partial charge in [-0.3, -0.25) is 14.4 Å². The molecule has 1 unspecified atom stereocenters. The summed E-state index contributed by atoms with van der Waals surface area (Å²) in [5, 5.41) is 0. The maximum atomic E-state index is 12.9. The maximum Gasteiger partial charge on any atom is 0.289 e. The lowest BCUT2D eigenvalue weighted by molar-refractivity contribution is -0.145. The second-order valence-corrected chi connectivity index (χ2v) is 6.92. The van der Waals surface area contributed by atoms with E-state index in [9.17, 15) is 14.4 Å². The van der Waals surface area contributed by atoms with Crippen molar-refractivity contribution >= 4 is 11.8 Å². The molecule has 2 aliphatic rings. The maximum absolute atomic E-state index is 12.9. The van der Waals surface area contributed by atoms with Crippen molar-refractivity contribution in [3.8, 4) is 0 Å². The van der Waals surface area contributed by atoms with Crippen LogP contribution in [0.3, 0.4) is 0 Å². The average molecular weight is 332 g/mol. The van der Waals surface area contributed by atoms with Gasteiger partial charge in [0.05, 0.1) is 5.41 Å². The van der Waals surface area contributed by atoms with Gasteiger partial charge in [-0.2, -0.15) is 0 Å². The molecule has 2 saturated heterocycles. The Morgan fingerprint density at radius 3 is 2.75 bits per heavy atom. The first kappa shape index (κ1) is 16.7. The Labute approximate surface area is 141 Å². The molecule has 2 amide bonds. The van der Waals surface area contributed by atoms with E-state index in [-0.39, 0.29) is 23.0 Å². The summed E-state index contributed by atoms with van der Waals surface area (Å²) in [5.41, 5.74) is -0.688. The molecule has 130 valence electrons. The van der Waals surface area contributed by atoms with E-state index in [0.717, 1.165) is 32.4 Å². The minimum Gasteiger partial charge on any atom is -0.456 e. The predicted octanol–water partition coefficient (Wildman–Crippen LogP) is 1.81. The van der Waals surface area contributed by atoms with E-state index in [1.54, 1.807) is 11.8 Å². The summed E-state index contributed by atoms with van der Waals surface area (Å²) in [7, 11) is 0. The lowest BCUT2D eigenvalue weighted by Crippen LogP contribution is -2.50. The van der Waals surface area contributed by atoms with E-state index in [0.29, 0.717) is 25.3 Å². The predicted molar refractivity (Wildman–Crippen MR) is 88.8 cm³/mol. The van der Waals surface area contributed by atoms with Crippen molar-refractivity contribution in [3.05, 3.63) is 33.9 Å². The first-order chi connectivity index (χ1) is 11.4. The number of carbonyl (C=O) groups excluding carboxylic acids is 2. The van der Waals surface area contributed by atoms with Crippen LogP contribution >= 0.6 is 0 Å². The van der Waals surface area contributed by atoms with E-state index < -0.39 is 5.41 Å². The smallest absolute Gasteiger partial charge is 0.289 e. The summed E-state index contributed by atoms with van der Waals surface area (Å²) in [6, 6.07) is 2.59. The number of likely N-dealkylation sites (tertiary alicyclic amines) is 2. The SMILES string of the molecule is CCCN1CCCC2(CCN(C(=O)c3cc(=O)cc(C)o3)C2)C1=O. The molecule has 0 radical (unpaired) electrons. The van der Waals surface area contributed by atoms with Gasteiger partial charge >= 0.3 is 0 Å². The highest BCUT2D eigenvalue weighted by Crippen LogP contribution is 2.40. The van der Waals surface area contributed by atoms with Crippen LogP contribution in [0.5, 0.6) is 0 Å². The van der Waals surface area contributed by atoms with Gasteiger partial charge < -0.3 is 14.2 Å². The monoisotopic (exact) mass is 332 g/mol. The molecule has 0 aliphatic carbocycles. The van der Waals surface area contributed by atoms with Gasteiger partial charge in [-0.25, -0.2) is 0 Å². The highest BCUT2D eigenvalue weighted by molar-refractivity contribution is 5.93. The molecule has 3 rings (SSSR count). The minimum absolute atomic E-state index is 0.0609. The van der Waals surface area contributed by atoms with Crippen molar-refractivity contribution in [1.82, 2.24) is 9.80 Å². The van der Waals surface area contributed by atoms with Crippen molar-refractivity contribution in [2.75, 3.05) is 26.2 Å². The summed E-state index contributed by atoms with van der Waals surface area (Å²) >= 11 is 0. The molecule has 24 heavy (non-hydrogen) atoms. The summed E-state index contributed by atoms with van der Waals surface area (Å²) in [4.78, 5) is 40.7. The van der Waals surface area contributed by atoms with Gasteiger partial charge in [-0.05, 0) is 32.6 Å². The van der Waals surface area contributed by atoms with Crippen molar-refractivity contribution in [1.29, 1.82) is 0 Å². The number of hydrogen-bond acceptors (Lipinski definition) is 4. The second kappa shape index (κ2) is 6.42. The fourth-order valence-electron chi connectivity index (χ4n) is 3.92. The van der Waals surface area contributed by atoms with Gasteiger partial charge in [0.2, 0.25) is 5.91 Å². The normalized spacial score (nSPS) is 24.0. The lowest BCUT2D eigenvalue weighted by atomic mass is 9.78. The van der Waals surface area contributed by atoms with Crippen molar-refractivity contribution in [2.45, 2.75) is 39.5 Å². The molecule has 1 aromatic rings. The lowest BCUT2D eigenvalue weighted by Gasteiger charge is -2.39. The highest BCUT2D eigenvalue weighted by Gasteiger charge is 2.49. The largest absolute Gasteiger partial charge is 0.456 e. The van der Waals surface area contributed by atoms with Crippen molar-refractivity contribution in [3.63, 3.8) is 0 Å². The fraction of sp³-hybridized carbons (Fsp3) is 0.611. The number of rotatable bonds is 3. The molecular weight excluding hydrogens is 308 g/mol. The molecule has 2 fully saturated rings. The molecule has 3 heterocycles. The highest BCUT2D eigenvalue weighted by atomic mass is 16.3. The van der Waals surface area contributed by atoms with Crippen LogP contribution in [0.4, 0.5) is 0 Å². The van der Waals surface area contributed by atoms with Crippen LogP contribution in [0.1, 0.15) is 48.9 Å². The Bertz CT molecular complexity index is 709. The first-order valence-electron chi connectivity index (χ1n) is 8.66. The van der Waals surface area contributed by atoms with E-state index >= 15 is 0 Å². The molecule has 1 atom stereocenters. The summed E-state index contributed by atoms with van der Waals surface area (Å²) in [5.74, 6) is 0.359. The zero-order valence-corrected chi connectivity index (χ0v) is 14.3. The van der Waals surface area contributed by atoms with Gasteiger partial charge in [0.25, 0.3) is 5.91 Å². The molecule has 1 aromatic heterocycles. The Hall–Kier alpha value is -2.11. The summed E-state index contributed by atoms with van der Waals surface area (Å²) in [6.07, 6.45) is 3.44. The van der Waals surface area contributed by atoms with Crippen molar-refractivity contribution in [2.24, 2.45) is 5.41 Å². The summed E-state index contributed by atoms with van der Waals surface area (Å²) < 4.78 is 5.41. The minimum atomic E-state index is -0.451. The number of nitrogens with zero attached hydrogens (tertiary/aromatic N) is 2. The van der Waals surface area contributed by atoms with E-state index in [1.807, 2.05) is 4.90 Å². The van der Waals surface area contributed by atoms with Gasteiger partial charge in [0.15, 0.2) is 11.2 Å². The molecule has 6 heteroatoms. The Morgan fingerprint density at radius 1 is 1.25 bits per heavy atom. The molecule has 1 spiro atoms. The molecule has 0 aromatic carbocycles. The summed E-state index contributed by atoms with van der Waals surface area (Å²) in [6.45, 7) is 6.26. The zero-order valence-electron chi connectivity index (χ0n) is 14.3. The van der Waals surface area contributed by atoms with E-state index in [4.69, 9.17) is 4.42 Å². The van der Waals surface area contributed by atoms with Gasteiger partial charge in [-0.15, -0.1) is 0 Å². The molecule has 0 saturated carbocycles. The standard InChI is InChI=1S/C18H24N2O4/c1-3-7-19-8-4-5-18(17(19)23)6-9-20(12-18)16(22)15-11-14(21)10-13(2)24-15/h10-11H,3-9,12H2,1-2H3. The Morgan fingerprint density at radius 2 is 2.04 bits per heavy atom. The number of aryl methyl sites for hydroxylation is 1. The van der Waals surface area contributed by atoms with Crippen LogP contribution in [0.2, 0.25) is 0 Å². The van der Waals surface area contributed by atoms with Gasteiger partial charge in [0.1, 0.15) is 5.76 Å². The van der Waals surface area contributed by atoms with Crippen LogP contribution in [-0.4, -0.2) is 47.8 Å². The zero-order chi connectivity index (χ0) is 17.3. The van der Waals surface area contributed by atoms with Gasteiger partial charge in [0, 0.05) is 38.3 Å². The molecule has 2 aliphatic heterocycles. The third-order valence-corrected chi connectivity index (χ3v) is 5.06. The van der Waals surface area contributed by atoms with Gasteiger partial charge in [-0.1, -0.05) is 6.92 Å². The van der Waals surface area contributed by atoms with Crippen LogP contribution < -0.4 is 5.43 Å². The first-order valence-corrected chi connectivity index (χ1v) is 8.66. The Kier molecular flexibility index (Phi) is 4.47. The third kappa shape index (κ3) is 2.97. The Balaban J connectivity index is 1.78. The fourth-order valence-corrected chi connectivity index (χ4v) is 3.92. The molecule has 0 bridgehead atoms. The van der Waals surface area contributed by atoms with Crippen LogP contribution in [0.15, 0.2) is 21.3 Å². The quantitative estimate of drug-likeness (QED) is 0.846. The average Bonchev–Trinajstić information content (AvgIpc) is 2.96. The van der Waals surface area contributed by atoms with Crippen LogP contribution in [0.25, 0.3) is 0 Å². The number of amides is 2. The molecule has 6 nitrogen and oxygen atoms in total. The second-order valence-electron chi connectivity index (χ2n) is 6.92. The number of hydrogen-bond donors (Lipinski definition) is 0. The number of carbonyl (C=O) groups is 2. The topological polar surface area (TPSA) is 70.8 Å². The molecule has 0 N–H and O–H groups in total. The van der Waals surface area contributed by atoms with Crippen LogP contribution in [0, 0.1) is 12.3 Å². The van der Waals surface area contributed by atoms with E-state index in [2.05, 4.69) is 6.92 Å².